The summed E-state index contributed by atoms with van der Waals surface area (Å²) in [6, 6.07) is 8.23. The predicted molar refractivity (Wildman–Crippen MR) is 104 cm³/mol. The van der Waals surface area contributed by atoms with Gasteiger partial charge in [-0.2, -0.15) is 4.98 Å². The molecule has 3 aromatic rings. The Morgan fingerprint density at radius 1 is 1.27 bits per heavy atom. The smallest absolute Gasteiger partial charge is 0.400 e. The number of nitrogens with zero attached hydrogens (tertiary/aromatic N) is 2. The van der Waals surface area contributed by atoms with E-state index in [9.17, 15) is 19.7 Å². The first-order chi connectivity index (χ1) is 14.3. The van der Waals surface area contributed by atoms with E-state index in [4.69, 9.17) is 30.2 Å². The highest BCUT2D eigenvalue weighted by Gasteiger charge is 2.27. The van der Waals surface area contributed by atoms with Crippen LogP contribution in [-0.4, -0.2) is 34.6 Å². The van der Waals surface area contributed by atoms with Crippen LogP contribution in [0.2, 0.25) is 5.02 Å². The number of nitro groups is 1. The summed E-state index contributed by atoms with van der Waals surface area (Å²) in [7, 11) is 0. The van der Waals surface area contributed by atoms with Gasteiger partial charge in [0.15, 0.2) is 11.7 Å². The molecule has 2 aromatic carbocycles. The highest BCUT2D eigenvalue weighted by Crippen LogP contribution is 2.30. The lowest BCUT2D eigenvalue weighted by Gasteiger charge is -2.12. The summed E-state index contributed by atoms with van der Waals surface area (Å²) in [5.74, 6) is -1.82. The van der Waals surface area contributed by atoms with Crippen molar-refractivity contribution in [2.45, 2.75) is 20.0 Å². The lowest BCUT2D eigenvalue weighted by Crippen LogP contribution is -2.26. The molecule has 0 saturated carbocycles. The number of esters is 2. The fraction of sp³-hybridized carbons (Fsp3) is 0.211. The molecule has 30 heavy (non-hydrogen) atoms. The van der Waals surface area contributed by atoms with Crippen molar-refractivity contribution in [3.63, 3.8) is 0 Å². The molecule has 0 aliphatic carbocycles. The van der Waals surface area contributed by atoms with E-state index in [1.54, 1.807) is 25.1 Å². The van der Waals surface area contributed by atoms with Crippen molar-refractivity contribution in [2.24, 2.45) is 0 Å². The molecule has 0 radical (unpaired) electrons. The van der Waals surface area contributed by atoms with Crippen LogP contribution in [0.3, 0.4) is 0 Å². The molecule has 3 rings (SSSR count). The van der Waals surface area contributed by atoms with Crippen molar-refractivity contribution in [2.75, 3.05) is 6.61 Å². The molecular formula is C19H15ClN2O8. The molecule has 0 saturated heterocycles. The molecule has 0 spiro atoms. The van der Waals surface area contributed by atoms with E-state index in [0.717, 1.165) is 12.1 Å². The monoisotopic (exact) mass is 434 g/mol. The summed E-state index contributed by atoms with van der Waals surface area (Å²) >= 11 is 5.90. The van der Waals surface area contributed by atoms with Crippen molar-refractivity contribution >= 4 is 40.3 Å². The Bertz CT molecular complexity index is 1130. The van der Waals surface area contributed by atoms with Crippen LogP contribution in [0, 0.1) is 10.1 Å². The molecule has 0 bridgehead atoms. The summed E-state index contributed by atoms with van der Waals surface area (Å²) in [6.07, 6.45) is -1.40. The van der Waals surface area contributed by atoms with Gasteiger partial charge in [0.2, 0.25) is 0 Å². The lowest BCUT2D eigenvalue weighted by atomic mass is 10.1. The number of carbonyl (C=O) groups excluding carboxylic acids is 2. The fourth-order valence-electron chi connectivity index (χ4n) is 2.46. The number of hydrogen-bond acceptors (Lipinski definition) is 9. The van der Waals surface area contributed by atoms with E-state index >= 15 is 0 Å². The topological polar surface area (TPSA) is 131 Å². The van der Waals surface area contributed by atoms with Gasteiger partial charge in [0.25, 0.3) is 5.69 Å². The molecular weight excluding hydrogens is 420 g/mol. The fourth-order valence-corrected chi connectivity index (χ4v) is 2.62. The molecule has 11 heteroatoms. The third-order valence-electron chi connectivity index (χ3n) is 3.82. The van der Waals surface area contributed by atoms with E-state index in [1.807, 2.05) is 0 Å². The van der Waals surface area contributed by atoms with Crippen LogP contribution in [0.15, 0.2) is 40.8 Å². The highest BCUT2D eigenvalue weighted by atomic mass is 35.5. The molecule has 1 atom stereocenters. The minimum absolute atomic E-state index is 0.0361. The Hall–Kier alpha value is -3.66. The van der Waals surface area contributed by atoms with Gasteiger partial charge in [-0.25, -0.2) is 9.59 Å². The maximum absolute atomic E-state index is 12.4. The Morgan fingerprint density at radius 3 is 2.73 bits per heavy atom. The maximum atomic E-state index is 12.4. The molecule has 1 heterocycles. The number of fused-ring (bicyclic) bond motifs is 1. The second kappa shape index (κ2) is 8.78. The zero-order chi connectivity index (χ0) is 21.8. The van der Waals surface area contributed by atoms with Crippen molar-refractivity contribution in [1.29, 1.82) is 0 Å². The average molecular weight is 435 g/mol. The molecule has 0 aliphatic rings. The van der Waals surface area contributed by atoms with Crippen LogP contribution in [0.5, 0.6) is 11.8 Å². The third-order valence-corrected chi connectivity index (χ3v) is 4.06. The van der Waals surface area contributed by atoms with E-state index < -0.39 is 34.2 Å². The first-order valence-electron chi connectivity index (χ1n) is 8.68. The minimum Gasteiger partial charge on any atom is -0.463 e. The quantitative estimate of drug-likeness (QED) is 0.303. The Morgan fingerprint density at radius 2 is 2.03 bits per heavy atom. The third kappa shape index (κ3) is 4.66. The second-order valence-electron chi connectivity index (χ2n) is 5.93. The number of halogens is 1. The van der Waals surface area contributed by atoms with Gasteiger partial charge in [0.05, 0.1) is 11.5 Å². The molecule has 0 N–H and O–H groups in total. The van der Waals surface area contributed by atoms with Crippen molar-refractivity contribution < 1.29 is 33.1 Å². The number of nitro benzene ring substituents is 1. The van der Waals surface area contributed by atoms with Crippen molar-refractivity contribution in [1.82, 2.24) is 4.98 Å². The van der Waals surface area contributed by atoms with Gasteiger partial charge in [0.1, 0.15) is 16.8 Å². The summed E-state index contributed by atoms with van der Waals surface area (Å²) in [4.78, 5) is 38.7. The van der Waals surface area contributed by atoms with Gasteiger partial charge in [-0.15, -0.1) is 0 Å². The van der Waals surface area contributed by atoms with Gasteiger partial charge in [0, 0.05) is 17.2 Å². The van der Waals surface area contributed by atoms with Crippen LogP contribution < -0.4 is 4.74 Å². The van der Waals surface area contributed by atoms with E-state index in [0.29, 0.717) is 16.1 Å². The number of carbonyl (C=O) groups is 2. The van der Waals surface area contributed by atoms with Gasteiger partial charge < -0.3 is 18.6 Å². The molecule has 0 fully saturated rings. The largest absolute Gasteiger partial charge is 0.463 e. The minimum atomic E-state index is -1.25. The van der Waals surface area contributed by atoms with Crippen molar-refractivity contribution in [3.8, 4) is 11.8 Å². The first-order valence-corrected chi connectivity index (χ1v) is 9.06. The molecule has 156 valence electrons. The SMILES string of the molecule is CCOC(=O)C(C)OC(=O)c1cc(Oc2nc3cc(Cl)ccc3o2)ccc1[N+](=O)[O-]. The Labute approximate surface area is 174 Å². The van der Waals surface area contributed by atoms with Gasteiger partial charge in [-0.1, -0.05) is 11.6 Å². The molecule has 0 aliphatic heterocycles. The normalized spacial score (nSPS) is 11.7. The van der Waals surface area contributed by atoms with Crippen LogP contribution in [0.1, 0.15) is 24.2 Å². The maximum Gasteiger partial charge on any atom is 0.400 e. The predicted octanol–water partition coefficient (Wildman–Crippen LogP) is 4.29. The van der Waals surface area contributed by atoms with Gasteiger partial charge >= 0.3 is 18.0 Å². The number of benzene rings is 2. The van der Waals surface area contributed by atoms with Gasteiger partial charge in [-0.3, -0.25) is 10.1 Å². The second-order valence-corrected chi connectivity index (χ2v) is 6.37. The lowest BCUT2D eigenvalue weighted by molar-refractivity contribution is -0.385. The number of ether oxygens (including phenoxy) is 3. The van der Waals surface area contributed by atoms with Crippen LogP contribution in [0.25, 0.3) is 11.1 Å². The molecule has 1 unspecified atom stereocenters. The molecule has 0 amide bonds. The van der Waals surface area contributed by atoms with Crippen LogP contribution in [0.4, 0.5) is 5.69 Å². The number of oxazole rings is 1. The van der Waals surface area contributed by atoms with E-state index in [-0.39, 0.29) is 18.4 Å². The Kier molecular flexibility index (Phi) is 6.17. The van der Waals surface area contributed by atoms with Crippen molar-refractivity contribution in [3.05, 3.63) is 57.1 Å². The summed E-state index contributed by atoms with van der Waals surface area (Å²) in [6.45, 7) is 2.99. The van der Waals surface area contributed by atoms with E-state index in [2.05, 4.69) is 4.98 Å². The number of aromatic nitrogens is 1. The number of rotatable bonds is 7. The van der Waals surface area contributed by atoms with Crippen LogP contribution in [-0.2, 0) is 14.3 Å². The van der Waals surface area contributed by atoms with Gasteiger partial charge in [-0.05, 0) is 38.1 Å². The average Bonchev–Trinajstić information content (AvgIpc) is 3.09. The standard InChI is InChI=1S/C19H15ClN2O8/c1-3-27-17(23)10(2)28-18(24)13-9-12(5-6-15(13)22(25)26)29-19-21-14-8-11(20)4-7-16(14)30-19/h4-10H,3H2,1-2H3. The number of hydrogen-bond donors (Lipinski definition) is 0. The van der Waals surface area contributed by atoms with E-state index in [1.165, 1.54) is 13.0 Å². The summed E-state index contributed by atoms with van der Waals surface area (Å²) in [5.41, 5.74) is -0.0675. The highest BCUT2D eigenvalue weighted by molar-refractivity contribution is 6.31. The Balaban J connectivity index is 1.87. The molecule has 1 aromatic heterocycles. The zero-order valence-corrected chi connectivity index (χ0v) is 16.5. The summed E-state index contributed by atoms with van der Waals surface area (Å²) in [5, 5.41) is 11.7. The zero-order valence-electron chi connectivity index (χ0n) is 15.8. The van der Waals surface area contributed by atoms with Crippen LogP contribution >= 0.6 is 11.6 Å². The first kappa shape index (κ1) is 21.1. The summed E-state index contributed by atoms with van der Waals surface area (Å²) < 4.78 is 20.6. The molecule has 10 nitrogen and oxygen atoms in total.